The summed E-state index contributed by atoms with van der Waals surface area (Å²) < 4.78 is 2.62. The maximum atomic E-state index is 5.45. The lowest BCUT2D eigenvalue weighted by atomic mass is 10.2. The molecule has 0 fully saturated rings. The lowest BCUT2D eigenvalue weighted by Crippen LogP contribution is -2.26. The Morgan fingerprint density at radius 2 is 2.43 bits per heavy atom. The van der Waals surface area contributed by atoms with Crippen LogP contribution >= 0.6 is 22.7 Å². The van der Waals surface area contributed by atoms with Crippen LogP contribution in [0.2, 0.25) is 0 Å². The molecular weight excluding hydrogens is 212 g/mol. The predicted molar refractivity (Wildman–Crippen MR) is 63.2 cm³/mol. The van der Waals surface area contributed by atoms with E-state index in [1.165, 1.54) is 14.3 Å². The van der Waals surface area contributed by atoms with Crippen LogP contribution in [0.4, 0.5) is 0 Å². The van der Waals surface area contributed by atoms with E-state index >= 15 is 0 Å². The van der Waals surface area contributed by atoms with Crippen LogP contribution in [0.1, 0.15) is 17.3 Å². The SMILES string of the molecule is C#CCC(NN)c1cc2sccc2s1. The molecule has 0 spiro atoms. The largest absolute Gasteiger partial charge is 0.271 e. The zero-order valence-electron chi connectivity index (χ0n) is 7.49. The van der Waals surface area contributed by atoms with E-state index in [1.54, 1.807) is 22.7 Å². The van der Waals surface area contributed by atoms with Gasteiger partial charge in [-0.15, -0.1) is 35.0 Å². The molecule has 4 heteroatoms. The molecule has 2 nitrogen and oxygen atoms in total. The minimum atomic E-state index is 0.0876. The molecule has 0 saturated carbocycles. The van der Waals surface area contributed by atoms with Gasteiger partial charge in [-0.3, -0.25) is 11.3 Å². The summed E-state index contributed by atoms with van der Waals surface area (Å²) in [6.45, 7) is 0. The number of terminal acetylenes is 1. The Morgan fingerprint density at radius 1 is 1.57 bits per heavy atom. The van der Waals surface area contributed by atoms with E-state index in [0.717, 1.165) is 0 Å². The molecule has 2 aromatic heterocycles. The van der Waals surface area contributed by atoms with E-state index in [9.17, 15) is 0 Å². The zero-order valence-corrected chi connectivity index (χ0v) is 9.12. The minimum Gasteiger partial charge on any atom is -0.271 e. The van der Waals surface area contributed by atoms with Crippen molar-refractivity contribution >= 4 is 32.1 Å². The molecule has 0 bridgehead atoms. The smallest absolute Gasteiger partial charge is 0.0662 e. The summed E-state index contributed by atoms with van der Waals surface area (Å²) in [6, 6.07) is 4.37. The fourth-order valence-electron chi connectivity index (χ4n) is 1.32. The summed E-state index contributed by atoms with van der Waals surface area (Å²) in [4.78, 5) is 1.22. The van der Waals surface area contributed by atoms with Gasteiger partial charge in [-0.2, -0.15) is 0 Å². The van der Waals surface area contributed by atoms with Crippen LogP contribution < -0.4 is 11.3 Å². The number of rotatable bonds is 3. The van der Waals surface area contributed by atoms with Crippen LogP contribution in [0.25, 0.3) is 9.40 Å². The Labute approximate surface area is 90.7 Å². The van der Waals surface area contributed by atoms with Gasteiger partial charge in [0, 0.05) is 20.7 Å². The Balaban J connectivity index is 2.33. The van der Waals surface area contributed by atoms with Gasteiger partial charge in [0.15, 0.2) is 0 Å². The Kier molecular flexibility index (Phi) is 2.85. The van der Waals surface area contributed by atoms with Crippen molar-refractivity contribution in [3.8, 4) is 12.3 Å². The molecule has 0 aromatic carbocycles. The Bertz CT molecular complexity index is 435. The molecule has 1 atom stereocenters. The molecule has 0 aliphatic heterocycles. The van der Waals surface area contributed by atoms with E-state index in [1.807, 2.05) is 0 Å². The second kappa shape index (κ2) is 4.11. The summed E-state index contributed by atoms with van der Waals surface area (Å²) in [6.07, 6.45) is 5.90. The van der Waals surface area contributed by atoms with Crippen molar-refractivity contribution in [3.05, 3.63) is 22.4 Å². The van der Waals surface area contributed by atoms with Gasteiger partial charge in [-0.05, 0) is 17.5 Å². The topological polar surface area (TPSA) is 38.0 Å². The number of thiophene rings is 2. The lowest BCUT2D eigenvalue weighted by molar-refractivity contribution is 0.577. The molecule has 2 aromatic rings. The average molecular weight is 222 g/mol. The number of hydrogen-bond acceptors (Lipinski definition) is 4. The van der Waals surface area contributed by atoms with Crippen molar-refractivity contribution in [1.82, 2.24) is 5.43 Å². The van der Waals surface area contributed by atoms with E-state index in [4.69, 9.17) is 12.3 Å². The standard InChI is InChI=1S/C10H10N2S2/c1-2-3-7(12-11)9-6-10-8(14-9)4-5-13-10/h1,4-7,12H,3,11H2. The monoisotopic (exact) mass is 222 g/mol. The van der Waals surface area contributed by atoms with Gasteiger partial charge in [-0.1, -0.05) is 0 Å². The number of hydrogen-bond donors (Lipinski definition) is 2. The second-order valence-electron chi connectivity index (χ2n) is 2.93. The molecule has 14 heavy (non-hydrogen) atoms. The van der Waals surface area contributed by atoms with Crippen LogP contribution in [0.5, 0.6) is 0 Å². The van der Waals surface area contributed by atoms with E-state index in [0.29, 0.717) is 6.42 Å². The third-order valence-electron chi connectivity index (χ3n) is 2.03. The first-order valence-corrected chi connectivity index (χ1v) is 5.91. The molecule has 0 aliphatic carbocycles. The van der Waals surface area contributed by atoms with Crippen molar-refractivity contribution < 1.29 is 0 Å². The van der Waals surface area contributed by atoms with Crippen molar-refractivity contribution in [1.29, 1.82) is 0 Å². The first kappa shape index (κ1) is 9.69. The number of fused-ring (bicyclic) bond motifs is 1. The molecule has 72 valence electrons. The van der Waals surface area contributed by atoms with Crippen LogP contribution in [0, 0.1) is 12.3 Å². The molecule has 0 amide bonds. The van der Waals surface area contributed by atoms with E-state index in [2.05, 4.69) is 28.9 Å². The molecule has 2 heterocycles. The highest BCUT2D eigenvalue weighted by Gasteiger charge is 2.12. The fraction of sp³-hybridized carbons (Fsp3) is 0.200. The summed E-state index contributed by atoms with van der Waals surface area (Å²) in [5, 5.41) is 2.09. The summed E-state index contributed by atoms with van der Waals surface area (Å²) in [5.74, 6) is 8.07. The van der Waals surface area contributed by atoms with Gasteiger partial charge in [-0.25, -0.2) is 0 Å². The fourth-order valence-corrected chi connectivity index (χ4v) is 3.50. The maximum Gasteiger partial charge on any atom is 0.0662 e. The predicted octanol–water partition coefficient (Wildman–Crippen LogP) is 2.49. The molecule has 3 N–H and O–H groups in total. The third-order valence-corrected chi connectivity index (χ3v) is 4.23. The van der Waals surface area contributed by atoms with E-state index < -0.39 is 0 Å². The Hall–Kier alpha value is -0.860. The minimum absolute atomic E-state index is 0.0876. The highest BCUT2D eigenvalue weighted by atomic mass is 32.1. The summed E-state index contributed by atoms with van der Waals surface area (Å²) in [7, 11) is 0. The van der Waals surface area contributed by atoms with Crippen LogP contribution in [0.15, 0.2) is 17.5 Å². The summed E-state index contributed by atoms with van der Waals surface area (Å²) >= 11 is 3.49. The second-order valence-corrected chi connectivity index (χ2v) is 4.99. The normalized spacial score (nSPS) is 12.9. The lowest BCUT2D eigenvalue weighted by Gasteiger charge is -2.09. The molecule has 2 rings (SSSR count). The van der Waals surface area contributed by atoms with Crippen molar-refractivity contribution in [3.63, 3.8) is 0 Å². The first-order valence-electron chi connectivity index (χ1n) is 4.21. The maximum absolute atomic E-state index is 5.45. The van der Waals surface area contributed by atoms with E-state index in [-0.39, 0.29) is 6.04 Å². The highest BCUT2D eigenvalue weighted by molar-refractivity contribution is 7.26. The molecule has 0 aliphatic rings. The van der Waals surface area contributed by atoms with Crippen LogP contribution in [-0.4, -0.2) is 0 Å². The number of nitrogens with two attached hydrogens (primary N) is 1. The highest BCUT2D eigenvalue weighted by Crippen LogP contribution is 2.33. The van der Waals surface area contributed by atoms with Crippen LogP contribution in [0.3, 0.4) is 0 Å². The van der Waals surface area contributed by atoms with Gasteiger partial charge in [0.2, 0.25) is 0 Å². The van der Waals surface area contributed by atoms with Gasteiger partial charge in [0.25, 0.3) is 0 Å². The Morgan fingerprint density at radius 3 is 3.07 bits per heavy atom. The molecule has 1 unspecified atom stereocenters. The van der Waals surface area contributed by atoms with Crippen molar-refractivity contribution in [2.75, 3.05) is 0 Å². The van der Waals surface area contributed by atoms with Gasteiger partial charge >= 0.3 is 0 Å². The van der Waals surface area contributed by atoms with Crippen molar-refractivity contribution in [2.45, 2.75) is 12.5 Å². The quantitative estimate of drug-likeness (QED) is 0.476. The van der Waals surface area contributed by atoms with Gasteiger partial charge in [0.1, 0.15) is 0 Å². The number of nitrogens with one attached hydrogen (secondary N) is 1. The molecule has 0 radical (unpaired) electrons. The van der Waals surface area contributed by atoms with Crippen LogP contribution in [-0.2, 0) is 0 Å². The number of hydrazine groups is 1. The van der Waals surface area contributed by atoms with Gasteiger partial charge in [0.05, 0.1) is 6.04 Å². The average Bonchev–Trinajstić information content (AvgIpc) is 2.73. The van der Waals surface area contributed by atoms with Crippen molar-refractivity contribution in [2.24, 2.45) is 5.84 Å². The first-order chi connectivity index (χ1) is 6.85. The summed E-state index contributed by atoms with van der Waals surface area (Å²) in [5.41, 5.74) is 2.74. The molecular formula is C10H10N2S2. The molecule has 0 saturated heterocycles. The zero-order chi connectivity index (χ0) is 9.97. The van der Waals surface area contributed by atoms with Gasteiger partial charge < -0.3 is 0 Å². The third kappa shape index (κ3) is 1.68.